The Morgan fingerprint density at radius 3 is 2.46 bits per heavy atom. The Hall–Kier alpha value is -2.49. The average Bonchev–Trinajstić information content (AvgIpc) is 2.61. The molecule has 2 aromatic carbocycles. The number of phenolic OH excluding ortho intramolecular Hbond substituents is 1. The molecule has 0 saturated carbocycles. The lowest BCUT2D eigenvalue weighted by molar-refractivity contribution is -0.118. The molecule has 0 spiro atoms. The summed E-state index contributed by atoms with van der Waals surface area (Å²) in [6.07, 6.45) is 1.96. The van der Waals surface area contributed by atoms with Crippen LogP contribution < -0.4 is 10.1 Å². The van der Waals surface area contributed by atoms with Crippen molar-refractivity contribution in [2.24, 2.45) is 0 Å². The number of amides is 1. The molecule has 0 unspecified atom stereocenters. The predicted molar refractivity (Wildman–Crippen MR) is 96.8 cm³/mol. The van der Waals surface area contributed by atoms with E-state index in [0.717, 1.165) is 18.4 Å². The maximum absolute atomic E-state index is 12.0. The fourth-order valence-corrected chi connectivity index (χ4v) is 2.35. The van der Waals surface area contributed by atoms with Crippen LogP contribution in [0.15, 0.2) is 42.5 Å². The van der Waals surface area contributed by atoms with Gasteiger partial charge in [-0.1, -0.05) is 39.0 Å². The van der Waals surface area contributed by atoms with Gasteiger partial charge in [0, 0.05) is 0 Å². The largest absolute Gasteiger partial charge is 0.506 e. The van der Waals surface area contributed by atoms with E-state index in [9.17, 15) is 9.90 Å². The smallest absolute Gasteiger partial charge is 0.262 e. The minimum absolute atomic E-state index is 0.0773. The molecule has 0 aliphatic rings. The Labute approximate surface area is 143 Å². The van der Waals surface area contributed by atoms with Crippen molar-refractivity contribution in [2.45, 2.75) is 39.5 Å². The third-order valence-corrected chi connectivity index (χ3v) is 4.18. The van der Waals surface area contributed by atoms with Gasteiger partial charge in [0.25, 0.3) is 5.91 Å². The van der Waals surface area contributed by atoms with Crippen LogP contribution in [0.2, 0.25) is 0 Å². The predicted octanol–water partition coefficient (Wildman–Crippen LogP) is 4.49. The Morgan fingerprint density at radius 2 is 1.88 bits per heavy atom. The number of rotatable bonds is 7. The van der Waals surface area contributed by atoms with Crippen molar-refractivity contribution in [3.05, 3.63) is 53.6 Å². The second kappa shape index (κ2) is 8.39. The quantitative estimate of drug-likeness (QED) is 0.737. The number of carbonyl (C=O) groups is 1. The zero-order valence-electron chi connectivity index (χ0n) is 14.5. The summed E-state index contributed by atoms with van der Waals surface area (Å²) in [4.78, 5) is 12.0. The first-order valence-corrected chi connectivity index (χ1v) is 8.38. The highest BCUT2D eigenvalue weighted by molar-refractivity contribution is 5.93. The van der Waals surface area contributed by atoms with Gasteiger partial charge >= 0.3 is 0 Å². The van der Waals surface area contributed by atoms with Crippen LogP contribution in [0.5, 0.6) is 11.5 Å². The molecular formula is C20H25NO3. The second-order valence-corrected chi connectivity index (χ2v) is 5.92. The number of aryl methyl sites for hydroxylation is 1. The molecule has 2 rings (SSSR count). The number of aromatic hydroxyl groups is 1. The molecule has 0 radical (unpaired) electrons. The van der Waals surface area contributed by atoms with E-state index < -0.39 is 0 Å². The van der Waals surface area contributed by atoms with Crippen molar-refractivity contribution >= 4 is 11.6 Å². The molecule has 128 valence electrons. The van der Waals surface area contributed by atoms with Crippen LogP contribution in [-0.2, 0) is 11.2 Å². The van der Waals surface area contributed by atoms with E-state index in [2.05, 4.69) is 26.1 Å². The normalized spacial score (nSPS) is 11.8. The number of phenols is 1. The fraction of sp³-hybridized carbons (Fsp3) is 0.350. The number of benzene rings is 2. The Kier molecular flexibility index (Phi) is 6.24. The highest BCUT2D eigenvalue weighted by atomic mass is 16.5. The van der Waals surface area contributed by atoms with Gasteiger partial charge in [0.2, 0.25) is 0 Å². The summed E-state index contributed by atoms with van der Waals surface area (Å²) < 4.78 is 5.47. The van der Waals surface area contributed by atoms with Gasteiger partial charge in [0.15, 0.2) is 6.61 Å². The van der Waals surface area contributed by atoms with Crippen LogP contribution in [-0.4, -0.2) is 17.6 Å². The Bertz CT molecular complexity index is 680. The Balaban J connectivity index is 1.91. The molecule has 24 heavy (non-hydrogen) atoms. The van der Waals surface area contributed by atoms with Crippen LogP contribution in [0.25, 0.3) is 0 Å². The monoisotopic (exact) mass is 327 g/mol. The topological polar surface area (TPSA) is 58.6 Å². The van der Waals surface area contributed by atoms with Crippen LogP contribution in [0.3, 0.4) is 0 Å². The standard InChI is InChI=1S/C20H25NO3/c1-4-14(3)16-8-11-18(19(22)12-16)21-20(23)13-24-17-9-6-15(5-2)7-10-17/h6-12,14,22H,4-5,13H2,1-3H3,(H,21,23)/t14-/m1/s1. The molecule has 0 aliphatic carbocycles. The molecule has 2 N–H and O–H groups in total. The van der Waals surface area contributed by atoms with Gasteiger partial charge < -0.3 is 15.2 Å². The van der Waals surface area contributed by atoms with Crippen LogP contribution in [0, 0.1) is 0 Å². The van der Waals surface area contributed by atoms with Crippen molar-refractivity contribution in [1.82, 2.24) is 0 Å². The van der Waals surface area contributed by atoms with Crippen molar-refractivity contribution < 1.29 is 14.6 Å². The summed E-state index contributed by atoms with van der Waals surface area (Å²) in [5.74, 6) is 0.795. The van der Waals surface area contributed by atoms with E-state index in [0.29, 0.717) is 17.4 Å². The molecule has 2 aromatic rings. The molecule has 1 atom stereocenters. The summed E-state index contributed by atoms with van der Waals surface area (Å²) in [6, 6.07) is 13.0. The molecule has 0 aliphatic heterocycles. The van der Waals surface area contributed by atoms with Gasteiger partial charge in [-0.3, -0.25) is 4.79 Å². The number of anilines is 1. The minimum atomic E-state index is -0.304. The lowest BCUT2D eigenvalue weighted by atomic mass is 9.98. The summed E-state index contributed by atoms with van der Waals surface area (Å²) >= 11 is 0. The molecule has 4 nitrogen and oxygen atoms in total. The minimum Gasteiger partial charge on any atom is -0.506 e. The maximum atomic E-state index is 12.0. The molecule has 0 aromatic heterocycles. The molecule has 0 saturated heterocycles. The highest BCUT2D eigenvalue weighted by Gasteiger charge is 2.10. The number of ether oxygens (including phenoxy) is 1. The van der Waals surface area contributed by atoms with Crippen molar-refractivity contribution in [1.29, 1.82) is 0 Å². The average molecular weight is 327 g/mol. The fourth-order valence-electron chi connectivity index (χ4n) is 2.35. The third-order valence-electron chi connectivity index (χ3n) is 4.18. The van der Waals surface area contributed by atoms with E-state index in [4.69, 9.17) is 4.74 Å². The van der Waals surface area contributed by atoms with Gasteiger partial charge in [-0.2, -0.15) is 0 Å². The van der Waals surface area contributed by atoms with Crippen LogP contribution >= 0.6 is 0 Å². The van der Waals surface area contributed by atoms with Gasteiger partial charge in [-0.05, 0) is 54.2 Å². The first-order chi connectivity index (χ1) is 11.5. The van der Waals surface area contributed by atoms with Gasteiger partial charge in [-0.15, -0.1) is 0 Å². The first kappa shape index (κ1) is 17.9. The SMILES string of the molecule is CCc1ccc(OCC(=O)Nc2ccc([C@H](C)CC)cc2O)cc1. The number of hydrogen-bond acceptors (Lipinski definition) is 3. The van der Waals surface area contributed by atoms with E-state index >= 15 is 0 Å². The third kappa shape index (κ3) is 4.75. The molecule has 0 heterocycles. The van der Waals surface area contributed by atoms with Gasteiger partial charge in [-0.25, -0.2) is 0 Å². The van der Waals surface area contributed by atoms with E-state index in [1.807, 2.05) is 30.3 Å². The highest BCUT2D eigenvalue weighted by Crippen LogP contribution is 2.29. The number of nitrogens with one attached hydrogen (secondary N) is 1. The molecule has 0 fully saturated rings. The van der Waals surface area contributed by atoms with Crippen molar-refractivity contribution in [3.8, 4) is 11.5 Å². The number of hydrogen-bond donors (Lipinski definition) is 2. The van der Waals surface area contributed by atoms with Gasteiger partial charge in [0.05, 0.1) is 5.69 Å². The van der Waals surface area contributed by atoms with Crippen LogP contribution in [0.4, 0.5) is 5.69 Å². The molecule has 4 heteroatoms. The van der Waals surface area contributed by atoms with Crippen molar-refractivity contribution in [3.63, 3.8) is 0 Å². The summed E-state index contributed by atoms with van der Waals surface area (Å²) in [6.45, 7) is 6.19. The molecule has 0 bridgehead atoms. The van der Waals surface area contributed by atoms with Crippen molar-refractivity contribution in [2.75, 3.05) is 11.9 Å². The van der Waals surface area contributed by atoms with E-state index in [1.165, 1.54) is 5.56 Å². The summed E-state index contributed by atoms with van der Waals surface area (Å²) in [7, 11) is 0. The molecule has 1 amide bonds. The second-order valence-electron chi connectivity index (χ2n) is 5.92. The van der Waals surface area contributed by atoms with Crippen LogP contribution in [0.1, 0.15) is 44.2 Å². The lowest BCUT2D eigenvalue weighted by Gasteiger charge is -2.13. The maximum Gasteiger partial charge on any atom is 0.262 e. The lowest BCUT2D eigenvalue weighted by Crippen LogP contribution is -2.20. The van der Waals surface area contributed by atoms with E-state index in [-0.39, 0.29) is 18.3 Å². The van der Waals surface area contributed by atoms with Gasteiger partial charge in [0.1, 0.15) is 11.5 Å². The molecular weight excluding hydrogens is 302 g/mol. The zero-order valence-corrected chi connectivity index (χ0v) is 14.5. The van der Waals surface area contributed by atoms with E-state index in [1.54, 1.807) is 12.1 Å². The summed E-state index contributed by atoms with van der Waals surface area (Å²) in [5, 5.41) is 12.7. The summed E-state index contributed by atoms with van der Waals surface area (Å²) in [5.41, 5.74) is 2.68. The Morgan fingerprint density at radius 1 is 1.17 bits per heavy atom. The zero-order chi connectivity index (χ0) is 17.5. The number of carbonyl (C=O) groups excluding carboxylic acids is 1. The first-order valence-electron chi connectivity index (χ1n) is 8.38.